The molecule has 0 spiro atoms. The van der Waals surface area contributed by atoms with Gasteiger partial charge in [-0.3, -0.25) is 9.59 Å². The molecular formula is C25H30O4S2. The maximum atomic E-state index is 12.3. The number of Topliss-reactive ketones (excluding diaryl/α,β-unsaturated/α-hetero) is 1. The third-order valence-electron chi connectivity index (χ3n) is 5.45. The summed E-state index contributed by atoms with van der Waals surface area (Å²) in [5, 5.41) is 12.9. The maximum Gasteiger partial charge on any atom is 0.315 e. The lowest BCUT2D eigenvalue weighted by Crippen LogP contribution is -2.17. The lowest BCUT2D eigenvalue weighted by Gasteiger charge is -2.15. The first kappa shape index (κ1) is 23.9. The lowest BCUT2D eigenvalue weighted by molar-refractivity contribution is -0.137. The van der Waals surface area contributed by atoms with Crippen molar-refractivity contribution >= 4 is 46.0 Å². The third kappa shape index (κ3) is 7.41. The quantitative estimate of drug-likeness (QED) is 0.300. The van der Waals surface area contributed by atoms with E-state index < -0.39 is 6.10 Å². The van der Waals surface area contributed by atoms with Crippen LogP contribution in [0.15, 0.2) is 54.6 Å². The van der Waals surface area contributed by atoms with E-state index in [-0.39, 0.29) is 17.1 Å². The summed E-state index contributed by atoms with van der Waals surface area (Å²) < 4.78 is 4.63. The van der Waals surface area contributed by atoms with E-state index in [9.17, 15) is 14.7 Å². The van der Waals surface area contributed by atoms with Crippen molar-refractivity contribution in [3.63, 3.8) is 0 Å². The van der Waals surface area contributed by atoms with Crippen LogP contribution in [0.1, 0.15) is 24.8 Å². The smallest absolute Gasteiger partial charge is 0.315 e. The van der Waals surface area contributed by atoms with Gasteiger partial charge in [-0.05, 0) is 46.6 Å². The number of ketones is 1. The third-order valence-corrected chi connectivity index (χ3v) is 7.96. The molecule has 0 aromatic heterocycles. The number of hydrogen-bond acceptors (Lipinski definition) is 6. The Hall–Kier alpha value is -1.76. The van der Waals surface area contributed by atoms with Crippen molar-refractivity contribution in [2.24, 2.45) is 5.92 Å². The summed E-state index contributed by atoms with van der Waals surface area (Å²) in [5.41, 5.74) is 1.11. The first-order valence-corrected chi connectivity index (χ1v) is 12.9. The second kappa shape index (κ2) is 12.3. The predicted octanol–water partition coefficient (Wildman–Crippen LogP) is 4.68. The zero-order valence-corrected chi connectivity index (χ0v) is 19.5. The lowest BCUT2D eigenvalue weighted by atomic mass is 10.0. The first-order valence-electron chi connectivity index (χ1n) is 10.7. The second-order valence-electron chi connectivity index (χ2n) is 7.78. The molecule has 0 radical (unpaired) electrons. The van der Waals surface area contributed by atoms with Crippen LogP contribution in [0.3, 0.4) is 0 Å². The summed E-state index contributed by atoms with van der Waals surface area (Å²) in [5.74, 6) is 2.46. The Bertz CT molecular complexity index is 911. The Morgan fingerprint density at radius 3 is 2.84 bits per heavy atom. The minimum Gasteiger partial charge on any atom is -0.468 e. The van der Waals surface area contributed by atoms with Gasteiger partial charge in [0.25, 0.3) is 0 Å². The molecule has 166 valence electrons. The van der Waals surface area contributed by atoms with Crippen LogP contribution in [-0.2, 0) is 20.7 Å². The highest BCUT2D eigenvalue weighted by Crippen LogP contribution is 2.34. The van der Waals surface area contributed by atoms with Crippen molar-refractivity contribution in [1.82, 2.24) is 0 Å². The van der Waals surface area contributed by atoms with E-state index >= 15 is 0 Å². The molecule has 0 saturated heterocycles. The van der Waals surface area contributed by atoms with E-state index in [1.54, 1.807) is 23.5 Å². The van der Waals surface area contributed by atoms with Crippen molar-refractivity contribution in [3.8, 4) is 0 Å². The number of aliphatic hydroxyl groups excluding tert-OH is 1. The summed E-state index contributed by atoms with van der Waals surface area (Å²) in [7, 11) is 1.40. The van der Waals surface area contributed by atoms with Gasteiger partial charge < -0.3 is 9.84 Å². The summed E-state index contributed by atoms with van der Waals surface area (Å²) >= 11 is 3.28. The van der Waals surface area contributed by atoms with Gasteiger partial charge in [-0.2, -0.15) is 11.8 Å². The average molecular weight is 459 g/mol. The average Bonchev–Trinajstić information content (AvgIpc) is 3.13. The van der Waals surface area contributed by atoms with Crippen LogP contribution in [0.5, 0.6) is 0 Å². The van der Waals surface area contributed by atoms with Crippen LogP contribution >= 0.6 is 23.5 Å². The summed E-state index contributed by atoms with van der Waals surface area (Å²) in [6, 6.07) is 14.5. The molecule has 31 heavy (non-hydrogen) atoms. The Morgan fingerprint density at radius 1 is 1.23 bits per heavy atom. The Kier molecular flexibility index (Phi) is 9.50. The SMILES string of the molecule is COC(=O)CSCCCS[C@H]1C(=O)CC[C@@H]1/C=C/C(O)Cc1ccc2ccccc2c1. The topological polar surface area (TPSA) is 63.6 Å². The largest absolute Gasteiger partial charge is 0.468 e. The molecule has 1 unspecified atom stereocenters. The summed E-state index contributed by atoms with van der Waals surface area (Å²) in [6.07, 6.45) is 6.33. The maximum absolute atomic E-state index is 12.3. The molecule has 4 nitrogen and oxygen atoms in total. The molecule has 2 aromatic rings. The van der Waals surface area contributed by atoms with E-state index in [1.807, 2.05) is 24.3 Å². The number of esters is 1. The van der Waals surface area contributed by atoms with Gasteiger partial charge in [0.2, 0.25) is 0 Å². The van der Waals surface area contributed by atoms with Gasteiger partial charge in [0, 0.05) is 12.8 Å². The van der Waals surface area contributed by atoms with Crippen molar-refractivity contribution in [2.75, 3.05) is 24.4 Å². The van der Waals surface area contributed by atoms with Crippen LogP contribution < -0.4 is 0 Å². The highest BCUT2D eigenvalue weighted by Gasteiger charge is 2.33. The standard InChI is InChI=1S/C25H30O4S2/c1-29-24(28)17-30-13-4-14-31-25-20(10-12-23(25)27)9-11-22(26)16-18-7-8-19-5-2-3-6-21(19)15-18/h2-3,5-9,11,15,20,22,25-26H,4,10,12-14,16-17H2,1H3/b11-9+/t20-,22?,25+/m0/s1. The van der Waals surface area contributed by atoms with Crippen molar-refractivity contribution in [2.45, 2.75) is 37.0 Å². The summed E-state index contributed by atoms with van der Waals surface area (Å²) in [4.78, 5) is 23.4. The van der Waals surface area contributed by atoms with E-state index in [1.165, 1.54) is 17.9 Å². The van der Waals surface area contributed by atoms with Gasteiger partial charge in [-0.1, -0.05) is 54.6 Å². The molecule has 0 aliphatic heterocycles. The second-order valence-corrected chi connectivity index (χ2v) is 10.1. The van der Waals surface area contributed by atoms with Crippen molar-refractivity contribution in [3.05, 3.63) is 60.2 Å². The number of methoxy groups -OCH3 is 1. The summed E-state index contributed by atoms with van der Waals surface area (Å²) in [6.45, 7) is 0. The van der Waals surface area contributed by atoms with Gasteiger partial charge in [0.05, 0.1) is 24.2 Å². The number of carbonyl (C=O) groups excluding carboxylic acids is 2. The molecule has 1 aliphatic carbocycles. The number of aliphatic hydroxyl groups is 1. The number of rotatable bonds is 11. The molecule has 6 heteroatoms. The van der Waals surface area contributed by atoms with Gasteiger partial charge in [-0.15, -0.1) is 11.8 Å². The molecule has 0 amide bonds. The number of hydrogen-bond donors (Lipinski definition) is 1. The molecule has 0 bridgehead atoms. The van der Waals surface area contributed by atoms with Crippen LogP contribution in [0.25, 0.3) is 10.8 Å². The zero-order chi connectivity index (χ0) is 22.1. The molecule has 1 saturated carbocycles. The van der Waals surface area contributed by atoms with Gasteiger partial charge in [0.15, 0.2) is 0 Å². The molecule has 1 aliphatic rings. The van der Waals surface area contributed by atoms with Gasteiger partial charge >= 0.3 is 5.97 Å². The van der Waals surface area contributed by atoms with Crippen molar-refractivity contribution in [1.29, 1.82) is 0 Å². The van der Waals surface area contributed by atoms with Gasteiger partial charge in [-0.25, -0.2) is 0 Å². The fraction of sp³-hybridized carbons (Fsp3) is 0.440. The van der Waals surface area contributed by atoms with Crippen LogP contribution in [0.4, 0.5) is 0 Å². The monoisotopic (exact) mass is 458 g/mol. The minimum atomic E-state index is -0.558. The Labute approximate surface area is 192 Å². The zero-order valence-electron chi connectivity index (χ0n) is 17.9. The number of ether oxygens (including phenoxy) is 1. The van der Waals surface area contributed by atoms with Gasteiger partial charge in [0.1, 0.15) is 5.78 Å². The predicted molar refractivity (Wildman–Crippen MR) is 131 cm³/mol. The minimum absolute atomic E-state index is 0.0188. The van der Waals surface area contributed by atoms with Crippen LogP contribution in [-0.4, -0.2) is 52.6 Å². The molecule has 0 heterocycles. The fourth-order valence-corrected chi connectivity index (χ4v) is 6.09. The molecule has 1 N–H and O–H groups in total. The van der Waals surface area contributed by atoms with Crippen LogP contribution in [0.2, 0.25) is 0 Å². The highest BCUT2D eigenvalue weighted by atomic mass is 32.2. The highest BCUT2D eigenvalue weighted by molar-refractivity contribution is 8.01. The normalized spacial score (nSPS) is 19.9. The van der Waals surface area contributed by atoms with E-state index in [2.05, 4.69) is 35.1 Å². The van der Waals surface area contributed by atoms with E-state index in [4.69, 9.17) is 0 Å². The Morgan fingerprint density at radius 2 is 2.03 bits per heavy atom. The fourth-order valence-electron chi connectivity index (χ4n) is 3.79. The van der Waals surface area contributed by atoms with Crippen molar-refractivity contribution < 1.29 is 19.4 Å². The molecule has 3 rings (SSSR count). The number of benzene rings is 2. The van der Waals surface area contributed by atoms with E-state index in [0.29, 0.717) is 24.4 Å². The molecule has 3 atom stereocenters. The Balaban J connectivity index is 1.45. The van der Waals surface area contributed by atoms with E-state index in [0.717, 1.165) is 29.9 Å². The number of thioether (sulfide) groups is 2. The first-order chi connectivity index (χ1) is 15.1. The molecule has 1 fully saturated rings. The van der Waals surface area contributed by atoms with Crippen LogP contribution in [0, 0.1) is 5.92 Å². The number of allylic oxidation sites excluding steroid dienone is 1. The number of fused-ring (bicyclic) bond motifs is 1. The number of carbonyl (C=O) groups is 2. The molecule has 2 aromatic carbocycles. The molecular weight excluding hydrogens is 428 g/mol.